The van der Waals surface area contributed by atoms with Crippen LogP contribution in [0.3, 0.4) is 0 Å². The minimum absolute atomic E-state index is 0.0135. The van der Waals surface area contributed by atoms with Crippen LogP contribution in [-0.2, 0) is 9.59 Å². The highest BCUT2D eigenvalue weighted by molar-refractivity contribution is 7.99. The molecule has 7 heteroatoms. The van der Waals surface area contributed by atoms with Crippen molar-refractivity contribution in [3.63, 3.8) is 0 Å². The predicted molar refractivity (Wildman–Crippen MR) is 94.1 cm³/mol. The van der Waals surface area contributed by atoms with E-state index in [1.54, 1.807) is 11.8 Å². The second-order valence-electron chi connectivity index (χ2n) is 5.55. The molecule has 1 aliphatic heterocycles. The summed E-state index contributed by atoms with van der Waals surface area (Å²) in [7, 11) is 0. The van der Waals surface area contributed by atoms with Crippen LogP contribution >= 0.6 is 11.8 Å². The predicted octanol–water partition coefficient (Wildman–Crippen LogP) is 2.59. The summed E-state index contributed by atoms with van der Waals surface area (Å²) >= 11 is 1.54. The molecule has 0 bridgehead atoms. The van der Waals surface area contributed by atoms with Crippen molar-refractivity contribution < 1.29 is 18.7 Å². The van der Waals surface area contributed by atoms with E-state index in [1.807, 2.05) is 24.3 Å². The monoisotopic (exact) mass is 360 g/mol. The highest BCUT2D eigenvalue weighted by atomic mass is 32.2. The number of hydrogen-bond donors (Lipinski definition) is 1. The van der Waals surface area contributed by atoms with Crippen LogP contribution in [0.4, 0.5) is 10.1 Å². The van der Waals surface area contributed by atoms with Crippen molar-refractivity contribution in [3.05, 3.63) is 54.3 Å². The summed E-state index contributed by atoms with van der Waals surface area (Å²) < 4.78 is 19.0. The molecule has 5 nitrogen and oxygen atoms in total. The quantitative estimate of drug-likeness (QED) is 0.890. The van der Waals surface area contributed by atoms with Crippen molar-refractivity contribution in [2.45, 2.75) is 17.4 Å². The summed E-state index contributed by atoms with van der Waals surface area (Å²) in [5.41, 5.74) is 5.71. The lowest BCUT2D eigenvalue weighted by Gasteiger charge is -2.30. The van der Waals surface area contributed by atoms with Crippen molar-refractivity contribution in [1.29, 1.82) is 0 Å². The van der Waals surface area contributed by atoms with E-state index < -0.39 is 17.8 Å². The number of rotatable bonds is 5. The molecule has 0 saturated carbocycles. The first-order valence-corrected chi connectivity index (χ1v) is 8.77. The van der Waals surface area contributed by atoms with Crippen LogP contribution in [0.5, 0.6) is 5.75 Å². The highest BCUT2D eigenvalue weighted by Gasteiger charge is 2.31. The van der Waals surface area contributed by atoms with Crippen molar-refractivity contribution in [2.24, 2.45) is 5.73 Å². The Morgan fingerprint density at radius 2 is 1.92 bits per heavy atom. The fourth-order valence-electron chi connectivity index (χ4n) is 2.52. The number of carbonyl (C=O) groups excluding carboxylic acids is 2. The van der Waals surface area contributed by atoms with Gasteiger partial charge in [-0.3, -0.25) is 9.59 Å². The summed E-state index contributed by atoms with van der Waals surface area (Å²) in [5, 5.41) is 0. The highest BCUT2D eigenvalue weighted by Crippen LogP contribution is 2.35. The Morgan fingerprint density at radius 1 is 1.20 bits per heavy atom. The van der Waals surface area contributed by atoms with Crippen molar-refractivity contribution in [3.8, 4) is 5.75 Å². The molecule has 1 atom stereocenters. The topological polar surface area (TPSA) is 72.6 Å². The molecule has 3 rings (SSSR count). The van der Waals surface area contributed by atoms with E-state index in [0.29, 0.717) is 17.2 Å². The molecule has 2 aromatic carbocycles. The van der Waals surface area contributed by atoms with Crippen molar-refractivity contribution in [2.75, 3.05) is 17.2 Å². The molecule has 1 heterocycles. The van der Waals surface area contributed by atoms with Gasteiger partial charge in [0.1, 0.15) is 11.6 Å². The van der Waals surface area contributed by atoms with Crippen molar-refractivity contribution in [1.82, 2.24) is 0 Å². The molecule has 2 N–H and O–H groups in total. The molecule has 0 radical (unpaired) electrons. The third kappa shape index (κ3) is 4.11. The fourth-order valence-corrected chi connectivity index (χ4v) is 3.50. The molecular weight excluding hydrogens is 343 g/mol. The van der Waals surface area contributed by atoms with Gasteiger partial charge in [0.25, 0.3) is 5.91 Å². The number of thioether (sulfide) groups is 1. The number of para-hydroxylation sites is 1. The van der Waals surface area contributed by atoms with Crippen molar-refractivity contribution >= 4 is 29.3 Å². The third-order valence-electron chi connectivity index (χ3n) is 3.77. The molecule has 130 valence electrons. The minimum Gasteiger partial charge on any atom is -0.479 e. The van der Waals surface area contributed by atoms with Crippen LogP contribution in [0.15, 0.2) is 53.4 Å². The Labute approximate surface area is 148 Å². The number of halogens is 1. The number of amides is 2. The average Bonchev–Trinajstić information content (AvgIpc) is 2.62. The summed E-state index contributed by atoms with van der Waals surface area (Å²) in [4.78, 5) is 26.5. The summed E-state index contributed by atoms with van der Waals surface area (Å²) in [6, 6.07) is 13.0. The Morgan fingerprint density at radius 3 is 2.64 bits per heavy atom. The first-order chi connectivity index (χ1) is 12.0. The number of hydrogen-bond acceptors (Lipinski definition) is 4. The number of fused-ring (bicyclic) bond motifs is 1. The Bertz CT molecular complexity index is 782. The molecule has 1 aliphatic rings. The number of anilines is 1. The smallest absolute Gasteiger partial charge is 0.268 e. The lowest BCUT2D eigenvalue weighted by molar-refractivity contribution is -0.124. The number of ether oxygens (including phenoxy) is 1. The van der Waals surface area contributed by atoms with Gasteiger partial charge in [0, 0.05) is 29.3 Å². The second-order valence-corrected chi connectivity index (χ2v) is 6.61. The standard InChI is InChI=1S/C18H17FN2O3S/c19-12-5-7-13(8-6-12)21(10-9-17(20)22)18(23)15-11-25-16-4-2-1-3-14(16)24-15/h1-8,15H,9-11H2,(H2,20,22)/t15-/m1/s1. The van der Waals surface area contributed by atoms with Gasteiger partial charge in [0.2, 0.25) is 5.91 Å². The maximum absolute atomic E-state index is 13.2. The molecule has 0 fully saturated rings. The van der Waals surface area contributed by atoms with Crippen LogP contribution in [0.25, 0.3) is 0 Å². The number of nitrogens with two attached hydrogens (primary N) is 1. The largest absolute Gasteiger partial charge is 0.479 e. The molecule has 2 aromatic rings. The zero-order valence-electron chi connectivity index (χ0n) is 13.4. The Balaban J connectivity index is 1.81. The fraction of sp³-hybridized carbons (Fsp3) is 0.222. The van der Waals surface area contributed by atoms with Crippen LogP contribution in [-0.4, -0.2) is 30.2 Å². The van der Waals surface area contributed by atoms with E-state index in [9.17, 15) is 14.0 Å². The van der Waals surface area contributed by atoms with Crippen LogP contribution in [0.2, 0.25) is 0 Å². The maximum atomic E-state index is 13.2. The lowest BCUT2D eigenvalue weighted by Crippen LogP contribution is -2.45. The first-order valence-electron chi connectivity index (χ1n) is 7.78. The molecule has 0 spiro atoms. The van der Waals surface area contributed by atoms with E-state index in [1.165, 1.54) is 29.2 Å². The van der Waals surface area contributed by atoms with Gasteiger partial charge in [-0.15, -0.1) is 11.8 Å². The summed E-state index contributed by atoms with van der Waals surface area (Å²) in [6.07, 6.45) is -0.669. The minimum atomic E-state index is -0.683. The Hall–Kier alpha value is -2.54. The molecule has 0 unspecified atom stereocenters. The van der Waals surface area contributed by atoms with Gasteiger partial charge in [-0.1, -0.05) is 12.1 Å². The van der Waals surface area contributed by atoms with Gasteiger partial charge in [-0.2, -0.15) is 0 Å². The number of primary amides is 1. The van der Waals surface area contributed by atoms with Crippen LogP contribution in [0, 0.1) is 5.82 Å². The van der Waals surface area contributed by atoms with Gasteiger partial charge in [0.05, 0.1) is 0 Å². The zero-order chi connectivity index (χ0) is 17.8. The molecule has 0 aliphatic carbocycles. The van der Waals surface area contributed by atoms with Gasteiger partial charge < -0.3 is 15.4 Å². The van der Waals surface area contributed by atoms with Gasteiger partial charge in [-0.05, 0) is 36.4 Å². The van der Waals surface area contributed by atoms with Gasteiger partial charge >= 0.3 is 0 Å². The van der Waals surface area contributed by atoms with Crippen LogP contribution < -0.4 is 15.4 Å². The third-order valence-corrected chi connectivity index (χ3v) is 4.89. The summed E-state index contributed by atoms with van der Waals surface area (Å²) in [6.45, 7) is 0.117. The number of carbonyl (C=O) groups is 2. The van der Waals surface area contributed by atoms with E-state index >= 15 is 0 Å². The average molecular weight is 360 g/mol. The molecular formula is C18H17FN2O3S. The van der Waals surface area contributed by atoms with Gasteiger partial charge in [0.15, 0.2) is 6.10 Å². The molecule has 25 heavy (non-hydrogen) atoms. The normalized spacial score (nSPS) is 15.8. The van der Waals surface area contributed by atoms with Crippen LogP contribution in [0.1, 0.15) is 6.42 Å². The van der Waals surface area contributed by atoms with E-state index in [-0.39, 0.29) is 18.9 Å². The van der Waals surface area contributed by atoms with E-state index in [2.05, 4.69) is 0 Å². The van der Waals surface area contributed by atoms with E-state index in [0.717, 1.165) is 4.90 Å². The summed E-state index contributed by atoms with van der Waals surface area (Å²) in [5.74, 6) is -0.0704. The lowest BCUT2D eigenvalue weighted by atomic mass is 10.2. The molecule has 0 saturated heterocycles. The molecule has 0 aromatic heterocycles. The Kier molecular flexibility index (Phi) is 5.23. The maximum Gasteiger partial charge on any atom is 0.268 e. The van der Waals surface area contributed by atoms with E-state index in [4.69, 9.17) is 10.5 Å². The first kappa shape index (κ1) is 17.3. The zero-order valence-corrected chi connectivity index (χ0v) is 14.2. The molecule has 2 amide bonds. The van der Waals surface area contributed by atoms with Gasteiger partial charge in [-0.25, -0.2) is 4.39 Å². The number of nitrogens with zero attached hydrogens (tertiary/aromatic N) is 1. The SMILES string of the molecule is NC(=O)CCN(C(=O)[C@H]1CSc2ccccc2O1)c1ccc(F)cc1. The second kappa shape index (κ2) is 7.57. The number of benzene rings is 2.